The molecule has 5 nitrogen and oxygen atoms in total. The molecule has 0 saturated carbocycles. The lowest BCUT2D eigenvalue weighted by Crippen LogP contribution is -2.25. The topological polar surface area (TPSA) is 68.1 Å². The van der Waals surface area contributed by atoms with E-state index in [2.05, 4.69) is 37.1 Å². The molecule has 1 unspecified atom stereocenters. The largest absolute Gasteiger partial charge is 0.362 e. The smallest absolute Gasteiger partial charge is 0.290 e. The molecule has 0 saturated heterocycles. The Labute approximate surface area is 128 Å². The average molecular weight is 305 g/mol. The number of anilines is 1. The van der Waals surface area contributed by atoms with E-state index in [0.29, 0.717) is 11.4 Å². The molecule has 21 heavy (non-hydrogen) atoms. The van der Waals surface area contributed by atoms with Crippen molar-refractivity contribution >= 4 is 22.8 Å². The van der Waals surface area contributed by atoms with Crippen molar-refractivity contribution in [2.75, 3.05) is 5.32 Å². The van der Waals surface area contributed by atoms with Gasteiger partial charge in [0.2, 0.25) is 0 Å². The van der Waals surface area contributed by atoms with Crippen LogP contribution in [0.4, 0.5) is 11.5 Å². The Bertz CT molecular complexity index is 633. The van der Waals surface area contributed by atoms with E-state index in [0.717, 1.165) is 0 Å². The van der Waals surface area contributed by atoms with Gasteiger partial charge in [-0.15, -0.1) is 11.3 Å². The third-order valence-electron chi connectivity index (χ3n) is 3.27. The number of pyridine rings is 1. The lowest BCUT2D eigenvalue weighted by Gasteiger charge is -2.31. The average Bonchev–Trinajstić information content (AvgIpc) is 2.87. The van der Waals surface area contributed by atoms with Gasteiger partial charge < -0.3 is 5.32 Å². The predicted octanol–water partition coefficient (Wildman–Crippen LogP) is 4.56. The summed E-state index contributed by atoms with van der Waals surface area (Å²) in [6.45, 7) is 8.19. The minimum absolute atomic E-state index is 0.00220. The number of hydrogen-bond donors (Lipinski definition) is 1. The quantitative estimate of drug-likeness (QED) is 0.664. The van der Waals surface area contributed by atoms with E-state index in [-0.39, 0.29) is 17.1 Å². The van der Waals surface area contributed by atoms with Crippen LogP contribution in [0.2, 0.25) is 0 Å². The highest BCUT2D eigenvalue weighted by Crippen LogP contribution is 2.37. The number of nitro groups is 1. The van der Waals surface area contributed by atoms with Crippen molar-refractivity contribution in [2.24, 2.45) is 5.41 Å². The molecule has 0 radical (unpaired) electrons. The van der Waals surface area contributed by atoms with E-state index in [1.54, 1.807) is 24.3 Å². The first kappa shape index (κ1) is 15.4. The molecule has 0 spiro atoms. The first-order valence-electron chi connectivity index (χ1n) is 6.70. The molecule has 1 atom stereocenters. The van der Waals surface area contributed by atoms with Crippen LogP contribution < -0.4 is 5.32 Å². The van der Waals surface area contributed by atoms with E-state index < -0.39 is 4.92 Å². The van der Waals surface area contributed by atoms with Crippen LogP contribution in [0.5, 0.6) is 0 Å². The van der Waals surface area contributed by atoms with Crippen LogP contribution >= 0.6 is 11.3 Å². The number of thiophene rings is 1. The third kappa shape index (κ3) is 3.58. The highest BCUT2D eigenvalue weighted by atomic mass is 32.1. The van der Waals surface area contributed by atoms with Crippen LogP contribution in [0.3, 0.4) is 0 Å². The number of aryl methyl sites for hydroxylation is 1. The summed E-state index contributed by atoms with van der Waals surface area (Å²) in [6.07, 6.45) is 1.31. The second kappa shape index (κ2) is 5.81. The molecule has 1 N–H and O–H groups in total. The molecular weight excluding hydrogens is 286 g/mol. The second-order valence-electron chi connectivity index (χ2n) is 6.07. The van der Waals surface area contributed by atoms with Crippen molar-refractivity contribution in [1.82, 2.24) is 4.98 Å². The van der Waals surface area contributed by atoms with E-state index in [1.165, 1.54) is 11.1 Å². The standard InChI is InChI=1S/C15H19N3O2S/c1-10-8-13(16-9-11(10)18(19)20)17-14(15(2,3)4)12-6-5-7-21-12/h5-9,14H,1-4H3,(H,16,17). The fraction of sp³-hybridized carbons (Fsp3) is 0.400. The SMILES string of the molecule is Cc1cc(NC(c2cccs2)C(C)(C)C)ncc1[N+](=O)[O-]. The van der Waals surface area contributed by atoms with Crippen LogP contribution in [-0.4, -0.2) is 9.91 Å². The lowest BCUT2D eigenvalue weighted by molar-refractivity contribution is -0.385. The van der Waals surface area contributed by atoms with Gasteiger partial charge in [-0.3, -0.25) is 10.1 Å². The molecule has 2 aromatic heterocycles. The molecule has 0 amide bonds. The Morgan fingerprint density at radius 1 is 1.43 bits per heavy atom. The van der Waals surface area contributed by atoms with Crippen LogP contribution in [0.1, 0.15) is 37.3 Å². The van der Waals surface area contributed by atoms with Gasteiger partial charge in [0.15, 0.2) is 0 Å². The molecule has 0 fully saturated rings. The normalized spacial score (nSPS) is 13.0. The second-order valence-corrected chi connectivity index (χ2v) is 7.05. The maximum atomic E-state index is 10.8. The summed E-state index contributed by atoms with van der Waals surface area (Å²) in [7, 11) is 0. The van der Waals surface area contributed by atoms with Gasteiger partial charge in [0.05, 0.1) is 11.0 Å². The van der Waals surface area contributed by atoms with E-state index in [4.69, 9.17) is 0 Å². The zero-order chi connectivity index (χ0) is 15.6. The summed E-state index contributed by atoms with van der Waals surface area (Å²) in [5.41, 5.74) is 0.655. The highest BCUT2D eigenvalue weighted by molar-refractivity contribution is 7.10. The van der Waals surface area contributed by atoms with Gasteiger partial charge in [0, 0.05) is 10.4 Å². The van der Waals surface area contributed by atoms with E-state index in [1.807, 2.05) is 11.4 Å². The minimum atomic E-state index is -0.410. The van der Waals surface area contributed by atoms with Crippen LogP contribution in [0.25, 0.3) is 0 Å². The van der Waals surface area contributed by atoms with Crippen LogP contribution in [0, 0.1) is 22.5 Å². The van der Waals surface area contributed by atoms with Gasteiger partial charge in [-0.1, -0.05) is 26.8 Å². The molecule has 6 heteroatoms. The molecule has 0 aliphatic carbocycles. The molecule has 0 aromatic carbocycles. The molecule has 112 valence electrons. The van der Waals surface area contributed by atoms with Gasteiger partial charge in [-0.2, -0.15) is 0 Å². The van der Waals surface area contributed by atoms with Crippen molar-refractivity contribution in [3.05, 3.63) is 50.3 Å². The Kier molecular flexibility index (Phi) is 4.27. The molecule has 0 bridgehead atoms. The number of aromatic nitrogens is 1. The Morgan fingerprint density at radius 3 is 2.62 bits per heavy atom. The summed E-state index contributed by atoms with van der Waals surface area (Å²) in [5, 5.41) is 16.3. The number of nitrogens with zero attached hydrogens (tertiary/aromatic N) is 2. The number of hydrogen-bond acceptors (Lipinski definition) is 5. The first-order valence-corrected chi connectivity index (χ1v) is 7.58. The maximum absolute atomic E-state index is 10.8. The summed E-state index contributed by atoms with van der Waals surface area (Å²) in [6, 6.07) is 5.94. The molecule has 0 aliphatic rings. The van der Waals surface area contributed by atoms with Gasteiger partial charge in [-0.25, -0.2) is 4.98 Å². The number of rotatable bonds is 4. The van der Waals surface area contributed by atoms with Crippen molar-refractivity contribution in [3.8, 4) is 0 Å². The third-order valence-corrected chi connectivity index (χ3v) is 4.20. The van der Waals surface area contributed by atoms with Crippen LogP contribution in [0.15, 0.2) is 29.8 Å². The summed E-state index contributed by atoms with van der Waals surface area (Å²) < 4.78 is 0. The van der Waals surface area contributed by atoms with Gasteiger partial charge in [0.25, 0.3) is 5.69 Å². The molecule has 2 heterocycles. The van der Waals surface area contributed by atoms with Crippen molar-refractivity contribution in [1.29, 1.82) is 0 Å². The monoisotopic (exact) mass is 305 g/mol. The lowest BCUT2D eigenvalue weighted by atomic mass is 9.86. The Hall–Kier alpha value is -1.95. The van der Waals surface area contributed by atoms with Crippen molar-refractivity contribution < 1.29 is 4.92 Å². The fourth-order valence-electron chi connectivity index (χ4n) is 2.14. The Morgan fingerprint density at radius 2 is 2.14 bits per heavy atom. The van der Waals surface area contributed by atoms with Crippen molar-refractivity contribution in [3.63, 3.8) is 0 Å². The Balaban J connectivity index is 2.30. The van der Waals surface area contributed by atoms with E-state index in [9.17, 15) is 10.1 Å². The first-order chi connectivity index (χ1) is 9.79. The molecular formula is C15H19N3O2S. The highest BCUT2D eigenvalue weighted by Gasteiger charge is 2.27. The number of nitrogens with one attached hydrogen (secondary N) is 1. The molecule has 2 aromatic rings. The van der Waals surface area contributed by atoms with Gasteiger partial charge in [-0.05, 0) is 29.9 Å². The summed E-state index contributed by atoms with van der Waals surface area (Å²) >= 11 is 1.69. The molecule has 0 aliphatic heterocycles. The maximum Gasteiger partial charge on any atom is 0.290 e. The minimum Gasteiger partial charge on any atom is -0.362 e. The summed E-state index contributed by atoms with van der Waals surface area (Å²) in [4.78, 5) is 15.8. The van der Waals surface area contributed by atoms with Gasteiger partial charge in [0.1, 0.15) is 12.0 Å². The predicted molar refractivity (Wildman–Crippen MR) is 85.8 cm³/mol. The molecule has 2 rings (SSSR count). The van der Waals surface area contributed by atoms with Gasteiger partial charge >= 0.3 is 0 Å². The van der Waals surface area contributed by atoms with Crippen LogP contribution in [-0.2, 0) is 0 Å². The zero-order valence-corrected chi connectivity index (χ0v) is 13.4. The zero-order valence-electron chi connectivity index (χ0n) is 12.6. The van der Waals surface area contributed by atoms with E-state index >= 15 is 0 Å². The fourth-order valence-corrected chi connectivity index (χ4v) is 3.16. The van der Waals surface area contributed by atoms with Crippen molar-refractivity contribution in [2.45, 2.75) is 33.7 Å². The summed E-state index contributed by atoms with van der Waals surface area (Å²) in [5.74, 6) is 0.659.